The van der Waals surface area contributed by atoms with E-state index < -0.39 is 6.10 Å². The van der Waals surface area contributed by atoms with E-state index >= 15 is 0 Å². The minimum absolute atomic E-state index is 0.183. The summed E-state index contributed by atoms with van der Waals surface area (Å²) in [6, 6.07) is 8.52. The molecule has 0 aliphatic heterocycles. The van der Waals surface area contributed by atoms with Crippen LogP contribution in [0.15, 0.2) is 24.3 Å². The fourth-order valence-electron chi connectivity index (χ4n) is 1.47. The molecular formula is C14H23NO2. The first-order valence-corrected chi connectivity index (χ1v) is 6.14. The van der Waals surface area contributed by atoms with E-state index in [4.69, 9.17) is 4.74 Å². The molecule has 0 aliphatic rings. The van der Waals surface area contributed by atoms with Crippen molar-refractivity contribution < 1.29 is 9.84 Å². The molecule has 0 fully saturated rings. The lowest BCUT2D eigenvalue weighted by Gasteiger charge is -2.17. The van der Waals surface area contributed by atoms with Gasteiger partial charge in [-0.05, 0) is 51.9 Å². The molecule has 0 aromatic heterocycles. The van der Waals surface area contributed by atoms with Crippen molar-refractivity contribution in [2.45, 2.75) is 45.4 Å². The minimum Gasteiger partial charge on any atom is -0.488 e. The molecule has 17 heavy (non-hydrogen) atoms. The Kier molecular flexibility index (Phi) is 5.45. The van der Waals surface area contributed by atoms with Gasteiger partial charge in [0.25, 0.3) is 0 Å². The lowest BCUT2D eigenvalue weighted by Crippen LogP contribution is -2.25. The molecular weight excluding hydrogens is 214 g/mol. The maximum atomic E-state index is 9.35. The summed E-state index contributed by atoms with van der Waals surface area (Å²) in [7, 11) is 1.96. The number of rotatable bonds is 6. The number of hydrogen-bond acceptors (Lipinski definition) is 3. The Hall–Kier alpha value is -1.06. The second kappa shape index (κ2) is 6.62. The Bertz CT molecular complexity index is 321. The van der Waals surface area contributed by atoms with E-state index in [-0.39, 0.29) is 6.10 Å². The number of aliphatic hydroxyl groups is 1. The van der Waals surface area contributed by atoms with Crippen molar-refractivity contribution in [2.24, 2.45) is 0 Å². The third-order valence-corrected chi connectivity index (χ3v) is 2.96. The molecule has 3 heteroatoms. The maximum Gasteiger partial charge on any atom is 0.121 e. The summed E-state index contributed by atoms with van der Waals surface area (Å²) in [5.41, 5.74) is 1.28. The van der Waals surface area contributed by atoms with Crippen molar-refractivity contribution in [1.82, 2.24) is 5.32 Å². The van der Waals surface area contributed by atoms with Gasteiger partial charge in [0.05, 0.1) is 6.10 Å². The molecule has 3 nitrogen and oxygen atoms in total. The van der Waals surface area contributed by atoms with Gasteiger partial charge < -0.3 is 15.2 Å². The first kappa shape index (κ1) is 14.0. The van der Waals surface area contributed by atoms with Crippen LogP contribution in [0.1, 0.15) is 26.3 Å². The van der Waals surface area contributed by atoms with Gasteiger partial charge in [0, 0.05) is 6.04 Å². The van der Waals surface area contributed by atoms with Crippen LogP contribution in [-0.4, -0.2) is 30.4 Å². The molecule has 3 atom stereocenters. The van der Waals surface area contributed by atoms with Crippen molar-refractivity contribution in [3.63, 3.8) is 0 Å². The van der Waals surface area contributed by atoms with Crippen LogP contribution in [0.2, 0.25) is 0 Å². The SMILES string of the molecule is CNC(C)Cc1ccc(OC(C)C(C)O)cc1. The Labute approximate surface area is 104 Å². The van der Waals surface area contributed by atoms with Crippen LogP contribution in [0.25, 0.3) is 0 Å². The average Bonchev–Trinajstić information content (AvgIpc) is 2.31. The first-order chi connectivity index (χ1) is 8.02. The van der Waals surface area contributed by atoms with E-state index in [0.29, 0.717) is 6.04 Å². The lowest BCUT2D eigenvalue weighted by molar-refractivity contribution is 0.0604. The minimum atomic E-state index is -0.459. The lowest BCUT2D eigenvalue weighted by atomic mass is 10.1. The maximum absolute atomic E-state index is 9.35. The van der Waals surface area contributed by atoms with E-state index in [0.717, 1.165) is 12.2 Å². The smallest absolute Gasteiger partial charge is 0.121 e. The molecule has 0 saturated carbocycles. The predicted molar refractivity (Wildman–Crippen MR) is 70.4 cm³/mol. The van der Waals surface area contributed by atoms with E-state index in [2.05, 4.69) is 24.4 Å². The number of aliphatic hydroxyl groups excluding tert-OH is 1. The van der Waals surface area contributed by atoms with Crippen LogP contribution in [0, 0.1) is 0 Å². The van der Waals surface area contributed by atoms with Crippen molar-refractivity contribution in [2.75, 3.05) is 7.05 Å². The van der Waals surface area contributed by atoms with Gasteiger partial charge in [0.2, 0.25) is 0 Å². The summed E-state index contributed by atoms with van der Waals surface area (Å²) in [5, 5.41) is 12.6. The predicted octanol–water partition coefficient (Wildman–Crippen LogP) is 1.99. The van der Waals surface area contributed by atoms with Crippen LogP contribution in [-0.2, 0) is 6.42 Å². The van der Waals surface area contributed by atoms with Crippen LogP contribution in [0.3, 0.4) is 0 Å². The van der Waals surface area contributed by atoms with Crippen LogP contribution in [0.4, 0.5) is 0 Å². The monoisotopic (exact) mass is 237 g/mol. The Morgan fingerprint density at radius 3 is 2.24 bits per heavy atom. The van der Waals surface area contributed by atoms with Gasteiger partial charge in [-0.25, -0.2) is 0 Å². The summed E-state index contributed by atoms with van der Waals surface area (Å²) in [6.07, 6.45) is 0.360. The molecule has 0 amide bonds. The molecule has 1 aromatic carbocycles. The van der Waals surface area contributed by atoms with Gasteiger partial charge in [-0.2, -0.15) is 0 Å². The van der Waals surface area contributed by atoms with Crippen molar-refractivity contribution in [3.05, 3.63) is 29.8 Å². The molecule has 0 saturated heterocycles. The van der Waals surface area contributed by atoms with Crippen molar-refractivity contribution in [1.29, 1.82) is 0 Å². The van der Waals surface area contributed by atoms with Gasteiger partial charge in [-0.3, -0.25) is 0 Å². The van der Waals surface area contributed by atoms with E-state index in [9.17, 15) is 5.11 Å². The second-order valence-corrected chi connectivity index (χ2v) is 4.60. The van der Waals surface area contributed by atoms with Crippen LogP contribution < -0.4 is 10.1 Å². The van der Waals surface area contributed by atoms with Crippen molar-refractivity contribution >= 4 is 0 Å². The molecule has 0 bridgehead atoms. The van der Waals surface area contributed by atoms with Crippen LogP contribution in [0.5, 0.6) is 5.75 Å². The molecule has 0 heterocycles. The fourth-order valence-corrected chi connectivity index (χ4v) is 1.47. The fraction of sp³-hybridized carbons (Fsp3) is 0.571. The third-order valence-electron chi connectivity index (χ3n) is 2.96. The molecule has 1 rings (SSSR count). The molecule has 2 N–H and O–H groups in total. The molecule has 0 radical (unpaired) electrons. The number of benzene rings is 1. The summed E-state index contributed by atoms with van der Waals surface area (Å²) in [4.78, 5) is 0. The highest BCUT2D eigenvalue weighted by Crippen LogP contribution is 2.15. The normalized spacial score (nSPS) is 16.3. The number of nitrogens with one attached hydrogen (secondary N) is 1. The molecule has 1 aromatic rings. The topological polar surface area (TPSA) is 41.5 Å². The average molecular weight is 237 g/mol. The van der Waals surface area contributed by atoms with E-state index in [1.165, 1.54) is 5.56 Å². The van der Waals surface area contributed by atoms with E-state index in [1.54, 1.807) is 6.92 Å². The summed E-state index contributed by atoms with van der Waals surface area (Å²) < 4.78 is 5.60. The van der Waals surface area contributed by atoms with Gasteiger partial charge in [-0.15, -0.1) is 0 Å². The zero-order valence-electron chi connectivity index (χ0n) is 11.1. The zero-order valence-corrected chi connectivity index (χ0v) is 11.1. The zero-order chi connectivity index (χ0) is 12.8. The number of hydrogen-bond donors (Lipinski definition) is 2. The Morgan fingerprint density at radius 1 is 1.18 bits per heavy atom. The highest BCUT2D eigenvalue weighted by molar-refractivity contribution is 5.28. The van der Waals surface area contributed by atoms with Crippen LogP contribution >= 0.6 is 0 Å². The van der Waals surface area contributed by atoms with Crippen molar-refractivity contribution in [3.8, 4) is 5.75 Å². The van der Waals surface area contributed by atoms with Gasteiger partial charge in [-0.1, -0.05) is 12.1 Å². The Balaban J connectivity index is 2.56. The van der Waals surface area contributed by atoms with Gasteiger partial charge in [0.15, 0.2) is 0 Å². The molecule has 3 unspecified atom stereocenters. The Morgan fingerprint density at radius 2 is 1.76 bits per heavy atom. The summed E-state index contributed by atoms with van der Waals surface area (Å²) >= 11 is 0. The molecule has 0 aliphatic carbocycles. The summed E-state index contributed by atoms with van der Waals surface area (Å²) in [5.74, 6) is 0.805. The molecule has 96 valence electrons. The largest absolute Gasteiger partial charge is 0.488 e. The second-order valence-electron chi connectivity index (χ2n) is 4.60. The third kappa shape index (κ3) is 4.75. The number of ether oxygens (including phenoxy) is 1. The highest BCUT2D eigenvalue weighted by atomic mass is 16.5. The number of likely N-dealkylation sites (N-methyl/N-ethyl adjacent to an activating group) is 1. The van der Waals surface area contributed by atoms with E-state index in [1.807, 2.05) is 26.1 Å². The highest BCUT2D eigenvalue weighted by Gasteiger charge is 2.10. The first-order valence-electron chi connectivity index (χ1n) is 6.14. The standard InChI is InChI=1S/C14H23NO2/c1-10(15-4)9-13-5-7-14(8-6-13)17-12(3)11(2)16/h5-8,10-12,15-16H,9H2,1-4H3. The molecule has 0 spiro atoms. The quantitative estimate of drug-likeness (QED) is 0.795. The van der Waals surface area contributed by atoms with Gasteiger partial charge in [0.1, 0.15) is 11.9 Å². The summed E-state index contributed by atoms with van der Waals surface area (Å²) in [6.45, 7) is 5.75. The van der Waals surface area contributed by atoms with Gasteiger partial charge >= 0.3 is 0 Å².